The topological polar surface area (TPSA) is 65.8 Å². The van der Waals surface area contributed by atoms with E-state index < -0.39 is 0 Å². The third kappa shape index (κ3) is 5.89. The Bertz CT molecular complexity index is 1100. The summed E-state index contributed by atoms with van der Waals surface area (Å²) in [6, 6.07) is 12.0. The molecule has 2 aromatic carbocycles. The number of nitrogens with zero attached hydrogens (tertiary/aromatic N) is 3. The minimum absolute atomic E-state index is 0.107. The molecule has 1 fully saturated rings. The predicted molar refractivity (Wildman–Crippen MR) is 132 cm³/mol. The molecule has 0 amide bonds. The van der Waals surface area contributed by atoms with Gasteiger partial charge >= 0.3 is 5.97 Å². The first-order chi connectivity index (χ1) is 16.5. The van der Waals surface area contributed by atoms with E-state index in [2.05, 4.69) is 41.5 Å². The molecule has 1 aliphatic rings. The van der Waals surface area contributed by atoms with Gasteiger partial charge in [0.25, 0.3) is 0 Å². The summed E-state index contributed by atoms with van der Waals surface area (Å²) >= 11 is 0. The molecule has 3 aromatic rings. The van der Waals surface area contributed by atoms with E-state index in [9.17, 15) is 4.79 Å². The van der Waals surface area contributed by atoms with Crippen molar-refractivity contribution in [1.82, 2.24) is 14.5 Å². The van der Waals surface area contributed by atoms with Crippen molar-refractivity contribution in [2.24, 2.45) is 0 Å². The Kier molecular flexibility index (Phi) is 8.06. The maximum absolute atomic E-state index is 11.7. The molecule has 4 rings (SSSR count). The lowest BCUT2D eigenvalue weighted by atomic mass is 10.1. The van der Waals surface area contributed by atoms with Gasteiger partial charge in [0.15, 0.2) is 6.61 Å². The molecule has 1 saturated heterocycles. The van der Waals surface area contributed by atoms with Crippen LogP contribution in [0.15, 0.2) is 36.4 Å². The second-order valence-electron chi connectivity index (χ2n) is 8.83. The highest BCUT2D eigenvalue weighted by molar-refractivity contribution is 5.78. The highest BCUT2D eigenvalue weighted by atomic mass is 16.6. The van der Waals surface area contributed by atoms with E-state index in [-0.39, 0.29) is 12.6 Å². The van der Waals surface area contributed by atoms with Crippen molar-refractivity contribution < 1.29 is 19.0 Å². The van der Waals surface area contributed by atoms with Crippen molar-refractivity contribution in [2.45, 2.75) is 53.1 Å². The number of aryl methyl sites for hydroxylation is 2. The fourth-order valence-corrected chi connectivity index (χ4v) is 4.54. The maximum atomic E-state index is 11.7. The highest BCUT2D eigenvalue weighted by Crippen LogP contribution is 2.25. The summed E-state index contributed by atoms with van der Waals surface area (Å²) in [5, 5.41) is 0. The van der Waals surface area contributed by atoms with Crippen molar-refractivity contribution in [3.05, 3.63) is 53.3 Å². The van der Waals surface area contributed by atoms with Gasteiger partial charge in [0, 0.05) is 6.07 Å². The summed E-state index contributed by atoms with van der Waals surface area (Å²) < 4.78 is 19.1. The zero-order valence-electron chi connectivity index (χ0n) is 20.5. The zero-order valence-corrected chi connectivity index (χ0v) is 20.5. The summed E-state index contributed by atoms with van der Waals surface area (Å²) in [5.74, 6) is 2.23. The summed E-state index contributed by atoms with van der Waals surface area (Å²) in [6.07, 6.45) is 3.78. The van der Waals surface area contributed by atoms with Gasteiger partial charge in [0.2, 0.25) is 0 Å². The molecule has 0 saturated carbocycles. The number of carbonyl (C=O) groups excluding carboxylic acids is 1. The van der Waals surface area contributed by atoms with Crippen LogP contribution in [0, 0.1) is 13.8 Å². The predicted octanol–water partition coefficient (Wildman–Crippen LogP) is 4.66. The average molecular weight is 466 g/mol. The lowest BCUT2D eigenvalue weighted by Gasteiger charge is -2.26. The lowest BCUT2D eigenvalue weighted by molar-refractivity contribution is -0.145. The second kappa shape index (κ2) is 11.4. The van der Waals surface area contributed by atoms with E-state index >= 15 is 0 Å². The SMILES string of the molecule is CCOC(=O)COc1ccc2nc(CN3CCCCC3)n(CCOc3c(C)cccc3C)c2c1. The quantitative estimate of drug-likeness (QED) is 0.406. The smallest absolute Gasteiger partial charge is 0.344 e. The largest absolute Gasteiger partial charge is 0.491 e. The van der Waals surface area contributed by atoms with Crippen molar-refractivity contribution in [2.75, 3.05) is 32.9 Å². The molecule has 7 heteroatoms. The lowest BCUT2D eigenvalue weighted by Crippen LogP contribution is -2.30. The van der Waals surface area contributed by atoms with Gasteiger partial charge < -0.3 is 18.8 Å². The number of carbonyl (C=O) groups is 1. The molecule has 0 bridgehead atoms. The van der Waals surface area contributed by atoms with Gasteiger partial charge in [-0.1, -0.05) is 24.6 Å². The van der Waals surface area contributed by atoms with E-state index in [4.69, 9.17) is 19.2 Å². The normalized spacial score (nSPS) is 14.3. The number of imidazole rings is 1. The van der Waals surface area contributed by atoms with Gasteiger partial charge in [-0.15, -0.1) is 0 Å². The molecule has 2 heterocycles. The van der Waals surface area contributed by atoms with Gasteiger partial charge in [-0.2, -0.15) is 0 Å². The van der Waals surface area contributed by atoms with Gasteiger partial charge in [0.05, 0.1) is 30.7 Å². The molecule has 34 heavy (non-hydrogen) atoms. The minimum atomic E-state index is -0.371. The van der Waals surface area contributed by atoms with Crippen LogP contribution in [-0.4, -0.2) is 53.3 Å². The van der Waals surface area contributed by atoms with Crippen LogP contribution < -0.4 is 9.47 Å². The first-order valence-corrected chi connectivity index (χ1v) is 12.2. The molecule has 0 aliphatic carbocycles. The van der Waals surface area contributed by atoms with E-state index in [1.54, 1.807) is 6.92 Å². The molecule has 7 nitrogen and oxygen atoms in total. The van der Waals surface area contributed by atoms with Crippen LogP contribution >= 0.6 is 0 Å². The molecule has 1 aromatic heterocycles. The molecule has 0 unspecified atom stereocenters. The highest BCUT2D eigenvalue weighted by Gasteiger charge is 2.17. The monoisotopic (exact) mass is 465 g/mol. The fourth-order valence-electron chi connectivity index (χ4n) is 4.54. The van der Waals surface area contributed by atoms with Crippen LogP contribution in [0.4, 0.5) is 0 Å². The number of para-hydroxylation sites is 1. The van der Waals surface area contributed by atoms with Crippen LogP contribution in [0.2, 0.25) is 0 Å². The minimum Gasteiger partial charge on any atom is -0.491 e. The van der Waals surface area contributed by atoms with Gasteiger partial charge in [-0.25, -0.2) is 9.78 Å². The van der Waals surface area contributed by atoms with Crippen LogP contribution in [0.3, 0.4) is 0 Å². The number of rotatable bonds is 10. The molecular weight excluding hydrogens is 430 g/mol. The van der Waals surface area contributed by atoms with E-state index in [0.29, 0.717) is 25.5 Å². The number of ether oxygens (including phenoxy) is 3. The van der Waals surface area contributed by atoms with Crippen LogP contribution in [0.5, 0.6) is 11.5 Å². The van der Waals surface area contributed by atoms with Crippen molar-refractivity contribution in [3.8, 4) is 11.5 Å². The fraction of sp³-hybridized carbons (Fsp3) is 0.481. The maximum Gasteiger partial charge on any atom is 0.344 e. The summed E-state index contributed by atoms with van der Waals surface area (Å²) in [6.45, 7) is 10.4. The van der Waals surface area contributed by atoms with Crippen molar-refractivity contribution in [1.29, 1.82) is 0 Å². The Hall–Kier alpha value is -3.06. The number of aromatic nitrogens is 2. The van der Waals surface area contributed by atoms with E-state index in [0.717, 1.165) is 53.4 Å². The first-order valence-electron chi connectivity index (χ1n) is 12.2. The van der Waals surface area contributed by atoms with Gasteiger partial charge in [-0.3, -0.25) is 4.90 Å². The number of hydrogen-bond donors (Lipinski definition) is 0. The number of esters is 1. The van der Waals surface area contributed by atoms with Gasteiger partial charge in [-0.05, 0) is 70.0 Å². The number of fused-ring (bicyclic) bond motifs is 1. The van der Waals surface area contributed by atoms with Crippen molar-refractivity contribution in [3.63, 3.8) is 0 Å². The first kappa shape index (κ1) is 24.1. The summed E-state index contributed by atoms with van der Waals surface area (Å²) in [7, 11) is 0. The number of hydrogen-bond acceptors (Lipinski definition) is 6. The molecule has 0 radical (unpaired) electrons. The van der Waals surface area contributed by atoms with Crippen LogP contribution in [0.25, 0.3) is 11.0 Å². The summed E-state index contributed by atoms with van der Waals surface area (Å²) in [5.41, 5.74) is 4.18. The summed E-state index contributed by atoms with van der Waals surface area (Å²) in [4.78, 5) is 19.1. The Morgan fingerprint density at radius 2 is 1.79 bits per heavy atom. The number of likely N-dealkylation sites (tertiary alicyclic amines) is 1. The Morgan fingerprint density at radius 3 is 2.53 bits per heavy atom. The Morgan fingerprint density at radius 1 is 1.03 bits per heavy atom. The Balaban J connectivity index is 1.56. The molecule has 1 aliphatic heterocycles. The van der Waals surface area contributed by atoms with Gasteiger partial charge in [0.1, 0.15) is 23.9 Å². The average Bonchev–Trinajstić information content (AvgIpc) is 3.16. The van der Waals surface area contributed by atoms with E-state index in [1.807, 2.05) is 18.2 Å². The number of benzene rings is 2. The van der Waals surface area contributed by atoms with Crippen molar-refractivity contribution >= 4 is 17.0 Å². The van der Waals surface area contributed by atoms with Crippen LogP contribution in [0.1, 0.15) is 43.1 Å². The second-order valence-corrected chi connectivity index (χ2v) is 8.83. The van der Waals surface area contributed by atoms with Crippen LogP contribution in [-0.2, 0) is 22.6 Å². The molecule has 0 atom stereocenters. The third-order valence-corrected chi connectivity index (χ3v) is 6.24. The molecule has 0 N–H and O–H groups in total. The molecule has 0 spiro atoms. The standard InChI is InChI=1S/C27H35N3O4/c1-4-32-26(31)19-34-22-11-12-23-24(17-22)30(25(28-23)18-29-13-6-5-7-14-29)15-16-33-27-20(2)9-8-10-21(27)3/h8-12,17H,4-7,13-16,18-19H2,1-3H3. The number of piperidine rings is 1. The van der Waals surface area contributed by atoms with E-state index in [1.165, 1.54) is 19.3 Å². The zero-order chi connectivity index (χ0) is 23.9. The third-order valence-electron chi connectivity index (χ3n) is 6.24. The molecule has 182 valence electrons. The Labute approximate surface area is 201 Å². The molecular formula is C27H35N3O4.